The normalized spacial score (nSPS) is 18.4. The standard InChI is InChI=1S/C26H25I/c1-4-7-22-23-13-12-21(17-25(23)26(2,3)24(22)14-15-27)20-11-10-18-8-5-6-9-19(18)16-20/h5-14,16-17H,4,15H2,1-3H3/b22-7?,24-14+. The van der Waals surface area contributed by atoms with Crippen LogP contribution in [0.5, 0.6) is 0 Å². The molecule has 0 aliphatic heterocycles. The number of hydrogen-bond acceptors (Lipinski definition) is 0. The van der Waals surface area contributed by atoms with Gasteiger partial charge in [0.2, 0.25) is 0 Å². The molecule has 0 radical (unpaired) electrons. The minimum absolute atomic E-state index is 0.0500. The zero-order chi connectivity index (χ0) is 19.0. The Balaban J connectivity index is 1.87. The molecule has 0 aromatic heterocycles. The van der Waals surface area contributed by atoms with Gasteiger partial charge in [-0.1, -0.05) is 104 Å². The first-order valence-electron chi connectivity index (χ1n) is 9.67. The van der Waals surface area contributed by atoms with Crippen LogP contribution < -0.4 is 0 Å². The number of benzene rings is 3. The van der Waals surface area contributed by atoms with Crippen LogP contribution in [0.2, 0.25) is 0 Å². The lowest BCUT2D eigenvalue weighted by atomic mass is 9.81. The maximum atomic E-state index is 2.45. The van der Waals surface area contributed by atoms with Gasteiger partial charge in [-0.15, -0.1) is 0 Å². The summed E-state index contributed by atoms with van der Waals surface area (Å²) in [6.45, 7) is 6.96. The Morgan fingerprint density at radius 2 is 1.56 bits per heavy atom. The van der Waals surface area contributed by atoms with Crippen LogP contribution in [0.4, 0.5) is 0 Å². The van der Waals surface area contributed by atoms with Crippen LogP contribution in [-0.4, -0.2) is 4.43 Å². The summed E-state index contributed by atoms with van der Waals surface area (Å²) in [5.41, 5.74) is 8.41. The van der Waals surface area contributed by atoms with Crippen molar-refractivity contribution in [1.82, 2.24) is 0 Å². The molecule has 27 heavy (non-hydrogen) atoms. The van der Waals surface area contributed by atoms with E-state index in [0.717, 1.165) is 10.8 Å². The summed E-state index contributed by atoms with van der Waals surface area (Å²) >= 11 is 2.45. The molecule has 0 amide bonds. The minimum atomic E-state index is 0.0500. The lowest BCUT2D eigenvalue weighted by Crippen LogP contribution is -2.15. The summed E-state index contributed by atoms with van der Waals surface area (Å²) in [7, 11) is 0. The summed E-state index contributed by atoms with van der Waals surface area (Å²) in [6.07, 6.45) is 5.86. The molecule has 1 heteroatoms. The van der Waals surface area contributed by atoms with Gasteiger partial charge < -0.3 is 0 Å². The molecule has 3 aromatic carbocycles. The highest BCUT2D eigenvalue weighted by Gasteiger charge is 2.37. The third-order valence-corrected chi connectivity index (χ3v) is 6.16. The van der Waals surface area contributed by atoms with E-state index < -0.39 is 0 Å². The molecule has 0 fully saturated rings. The first-order chi connectivity index (χ1) is 13.1. The van der Waals surface area contributed by atoms with Crippen molar-refractivity contribution in [3.05, 3.63) is 89.5 Å². The van der Waals surface area contributed by atoms with E-state index in [0.29, 0.717) is 0 Å². The van der Waals surface area contributed by atoms with E-state index in [1.165, 1.54) is 44.2 Å². The number of hydrogen-bond donors (Lipinski definition) is 0. The second-order valence-electron chi connectivity index (χ2n) is 7.75. The van der Waals surface area contributed by atoms with Crippen LogP contribution in [0.1, 0.15) is 38.3 Å². The summed E-state index contributed by atoms with van der Waals surface area (Å²) in [4.78, 5) is 0. The lowest BCUT2D eigenvalue weighted by molar-refractivity contribution is 0.660. The van der Waals surface area contributed by atoms with E-state index in [-0.39, 0.29) is 5.41 Å². The highest BCUT2D eigenvalue weighted by Crippen LogP contribution is 2.50. The number of allylic oxidation sites excluding steroid dienone is 4. The second-order valence-corrected chi connectivity index (χ2v) is 8.63. The topological polar surface area (TPSA) is 0 Å². The first kappa shape index (κ1) is 18.5. The third-order valence-electron chi connectivity index (χ3n) is 5.72. The van der Waals surface area contributed by atoms with Crippen molar-refractivity contribution in [2.45, 2.75) is 32.6 Å². The predicted octanol–water partition coefficient (Wildman–Crippen LogP) is 7.95. The predicted molar refractivity (Wildman–Crippen MR) is 128 cm³/mol. The highest BCUT2D eigenvalue weighted by atomic mass is 127. The average molecular weight is 464 g/mol. The SMILES string of the molecule is CCC=C1/C(=C\CI)C(C)(C)c2cc(-c3ccc4ccccc4c3)ccc21. The van der Waals surface area contributed by atoms with Crippen molar-refractivity contribution in [1.29, 1.82) is 0 Å². The molecule has 1 aliphatic carbocycles. The van der Waals surface area contributed by atoms with Crippen LogP contribution in [-0.2, 0) is 5.41 Å². The van der Waals surface area contributed by atoms with Crippen molar-refractivity contribution in [2.75, 3.05) is 4.43 Å². The molecule has 0 heterocycles. The fourth-order valence-corrected chi connectivity index (χ4v) is 4.78. The van der Waals surface area contributed by atoms with E-state index in [1.807, 2.05) is 0 Å². The van der Waals surface area contributed by atoms with Gasteiger partial charge in [0.05, 0.1) is 0 Å². The van der Waals surface area contributed by atoms with Crippen LogP contribution in [0.3, 0.4) is 0 Å². The molecule has 0 nitrogen and oxygen atoms in total. The number of rotatable bonds is 3. The van der Waals surface area contributed by atoms with Crippen LogP contribution in [0, 0.1) is 0 Å². The molecular formula is C26H25I. The minimum Gasteiger partial charge on any atom is -0.0818 e. The molecule has 1 aliphatic rings. The van der Waals surface area contributed by atoms with Gasteiger partial charge in [0, 0.05) is 9.84 Å². The molecule has 4 rings (SSSR count). The lowest BCUT2D eigenvalue weighted by Gasteiger charge is -2.22. The van der Waals surface area contributed by atoms with Crippen LogP contribution >= 0.6 is 22.6 Å². The Kier molecular flexibility index (Phi) is 4.98. The fourth-order valence-electron chi connectivity index (χ4n) is 4.34. The Labute approximate surface area is 176 Å². The number of halogens is 1. The number of alkyl halides is 1. The average Bonchev–Trinajstić information content (AvgIpc) is 2.89. The van der Waals surface area contributed by atoms with Gasteiger partial charge in [-0.25, -0.2) is 0 Å². The fraction of sp³-hybridized carbons (Fsp3) is 0.231. The quantitative estimate of drug-likeness (QED) is 0.273. The van der Waals surface area contributed by atoms with Crippen LogP contribution in [0.15, 0.2) is 78.4 Å². The van der Waals surface area contributed by atoms with Gasteiger partial charge in [-0.2, -0.15) is 0 Å². The van der Waals surface area contributed by atoms with Gasteiger partial charge >= 0.3 is 0 Å². The molecule has 0 N–H and O–H groups in total. The van der Waals surface area contributed by atoms with Crippen molar-refractivity contribution < 1.29 is 0 Å². The van der Waals surface area contributed by atoms with Crippen molar-refractivity contribution in [2.24, 2.45) is 0 Å². The van der Waals surface area contributed by atoms with Crippen molar-refractivity contribution in [3.8, 4) is 11.1 Å². The van der Waals surface area contributed by atoms with Gasteiger partial charge in [0.25, 0.3) is 0 Å². The summed E-state index contributed by atoms with van der Waals surface area (Å²) < 4.78 is 1.04. The van der Waals surface area contributed by atoms with Crippen molar-refractivity contribution in [3.63, 3.8) is 0 Å². The first-order valence-corrected chi connectivity index (χ1v) is 11.2. The third kappa shape index (κ3) is 3.16. The van der Waals surface area contributed by atoms with E-state index in [2.05, 4.69) is 116 Å². The van der Waals surface area contributed by atoms with Gasteiger partial charge in [0.15, 0.2) is 0 Å². The van der Waals surface area contributed by atoms with E-state index in [9.17, 15) is 0 Å². The smallest absolute Gasteiger partial charge is 0.0182 e. The molecule has 0 unspecified atom stereocenters. The second kappa shape index (κ2) is 7.27. The molecule has 0 saturated carbocycles. The van der Waals surface area contributed by atoms with Gasteiger partial charge in [-0.3, -0.25) is 0 Å². The summed E-state index contributed by atoms with van der Waals surface area (Å²) in [6, 6.07) is 22.4. The largest absolute Gasteiger partial charge is 0.0818 e. The molecule has 3 aromatic rings. The zero-order valence-corrected chi connectivity index (χ0v) is 18.4. The molecule has 0 atom stereocenters. The van der Waals surface area contributed by atoms with E-state index in [4.69, 9.17) is 0 Å². The maximum absolute atomic E-state index is 2.45. The Bertz CT molecular complexity index is 1070. The monoisotopic (exact) mass is 464 g/mol. The van der Waals surface area contributed by atoms with E-state index in [1.54, 1.807) is 0 Å². The van der Waals surface area contributed by atoms with E-state index >= 15 is 0 Å². The molecule has 136 valence electrons. The Morgan fingerprint density at radius 3 is 2.30 bits per heavy atom. The van der Waals surface area contributed by atoms with Crippen molar-refractivity contribution >= 4 is 38.9 Å². The highest BCUT2D eigenvalue weighted by molar-refractivity contribution is 14.1. The molecule has 0 saturated heterocycles. The van der Waals surface area contributed by atoms with Crippen LogP contribution in [0.25, 0.3) is 27.5 Å². The molecule has 0 bridgehead atoms. The summed E-state index contributed by atoms with van der Waals surface area (Å²) in [5.74, 6) is 0. The number of fused-ring (bicyclic) bond motifs is 2. The Hall–Kier alpha value is -1.87. The summed E-state index contributed by atoms with van der Waals surface area (Å²) in [5, 5.41) is 2.59. The Morgan fingerprint density at radius 1 is 0.852 bits per heavy atom. The zero-order valence-electron chi connectivity index (χ0n) is 16.2. The maximum Gasteiger partial charge on any atom is 0.0182 e. The van der Waals surface area contributed by atoms with Gasteiger partial charge in [0.1, 0.15) is 0 Å². The molecular weight excluding hydrogens is 439 g/mol. The van der Waals surface area contributed by atoms with Gasteiger partial charge in [-0.05, 0) is 62.7 Å². The molecule has 0 spiro atoms.